The molecule has 0 aliphatic heterocycles. The Bertz CT molecular complexity index is 338. The van der Waals surface area contributed by atoms with E-state index < -0.39 is 0 Å². The highest BCUT2D eigenvalue weighted by Crippen LogP contribution is 2.20. The topological polar surface area (TPSA) is 26.0 Å². The lowest BCUT2D eigenvalue weighted by atomic mass is 10.2. The Balaban J connectivity index is 3.01. The van der Waals surface area contributed by atoms with Crippen molar-refractivity contribution in [2.45, 2.75) is 0 Å². The summed E-state index contributed by atoms with van der Waals surface area (Å²) in [6.07, 6.45) is 0. The van der Waals surface area contributed by atoms with E-state index in [0.29, 0.717) is 11.6 Å². The molecule has 62 valence electrons. The molecule has 0 amide bonds. The lowest BCUT2D eigenvalue weighted by Crippen LogP contribution is -1.93. The van der Waals surface area contributed by atoms with E-state index >= 15 is 0 Å². The molecule has 0 fully saturated rings. The summed E-state index contributed by atoms with van der Waals surface area (Å²) in [5, 5.41) is 0.695. The van der Waals surface area contributed by atoms with E-state index in [1.54, 1.807) is 6.07 Å². The number of halogens is 2. The van der Waals surface area contributed by atoms with Gasteiger partial charge in [0.05, 0.1) is 6.54 Å². The highest BCUT2D eigenvalue weighted by molar-refractivity contribution is 9.10. The second kappa shape index (κ2) is 4.51. The second-order valence-corrected chi connectivity index (χ2v) is 3.42. The van der Waals surface area contributed by atoms with Crippen molar-refractivity contribution in [1.82, 2.24) is 0 Å². The summed E-state index contributed by atoms with van der Waals surface area (Å²) in [4.78, 5) is 0. The Hall–Kier alpha value is -0.490. The van der Waals surface area contributed by atoms with E-state index in [0.717, 1.165) is 10.0 Å². The average Bonchev–Trinajstić information content (AvgIpc) is 2.03. The highest BCUT2D eigenvalue weighted by Gasteiger charge is 1.95. The van der Waals surface area contributed by atoms with E-state index in [-0.39, 0.29) is 0 Å². The fourth-order valence-electron chi connectivity index (χ4n) is 0.737. The molecular weight excluding hydrogens is 237 g/mol. The van der Waals surface area contributed by atoms with Gasteiger partial charge in [0.25, 0.3) is 0 Å². The van der Waals surface area contributed by atoms with E-state index in [1.165, 1.54) is 0 Å². The van der Waals surface area contributed by atoms with Crippen LogP contribution in [0.15, 0.2) is 22.7 Å². The number of hydrogen-bond acceptors (Lipinski definition) is 1. The maximum atomic E-state index is 5.75. The monoisotopic (exact) mass is 243 g/mol. The van der Waals surface area contributed by atoms with Gasteiger partial charge in [-0.2, -0.15) is 0 Å². The second-order valence-electron chi connectivity index (χ2n) is 2.13. The van der Waals surface area contributed by atoms with E-state index in [1.807, 2.05) is 12.1 Å². The Labute approximate surface area is 85.0 Å². The van der Waals surface area contributed by atoms with Crippen molar-refractivity contribution >= 4 is 27.5 Å². The van der Waals surface area contributed by atoms with Crippen LogP contribution in [0.1, 0.15) is 5.56 Å². The molecule has 0 radical (unpaired) electrons. The van der Waals surface area contributed by atoms with Crippen LogP contribution >= 0.6 is 27.5 Å². The van der Waals surface area contributed by atoms with Crippen LogP contribution in [0.25, 0.3) is 0 Å². The predicted octanol–water partition coefficient (Wildman–Crippen LogP) is 2.41. The smallest absolute Gasteiger partial charge is 0.0555 e. The Morgan fingerprint density at radius 1 is 1.50 bits per heavy atom. The van der Waals surface area contributed by atoms with E-state index in [9.17, 15) is 0 Å². The van der Waals surface area contributed by atoms with Crippen LogP contribution in [0.2, 0.25) is 5.02 Å². The average molecular weight is 245 g/mol. The van der Waals surface area contributed by atoms with Crippen LogP contribution in [0.5, 0.6) is 0 Å². The molecule has 0 unspecified atom stereocenters. The van der Waals surface area contributed by atoms with Gasteiger partial charge in [-0.25, -0.2) is 0 Å². The van der Waals surface area contributed by atoms with Crippen LogP contribution in [0.4, 0.5) is 0 Å². The zero-order chi connectivity index (χ0) is 8.97. The fraction of sp³-hybridized carbons (Fsp3) is 0.111. The van der Waals surface area contributed by atoms with Crippen molar-refractivity contribution in [1.29, 1.82) is 0 Å². The van der Waals surface area contributed by atoms with Gasteiger partial charge in [-0.15, -0.1) is 0 Å². The first-order chi connectivity index (χ1) is 5.74. The normalized spacial score (nSPS) is 8.92. The van der Waals surface area contributed by atoms with Crippen LogP contribution in [0, 0.1) is 11.8 Å². The lowest BCUT2D eigenvalue weighted by Gasteiger charge is -1.95. The van der Waals surface area contributed by atoms with Crippen LogP contribution in [0.3, 0.4) is 0 Å². The Morgan fingerprint density at radius 2 is 2.25 bits per heavy atom. The first-order valence-electron chi connectivity index (χ1n) is 3.38. The molecule has 1 aromatic carbocycles. The third-order valence-corrected chi connectivity index (χ3v) is 2.15. The van der Waals surface area contributed by atoms with Gasteiger partial charge < -0.3 is 5.73 Å². The van der Waals surface area contributed by atoms with Crippen molar-refractivity contribution in [3.63, 3.8) is 0 Å². The molecule has 0 aliphatic rings. The summed E-state index contributed by atoms with van der Waals surface area (Å²) in [5.74, 6) is 5.69. The van der Waals surface area contributed by atoms with Crippen molar-refractivity contribution in [2.24, 2.45) is 5.73 Å². The van der Waals surface area contributed by atoms with Gasteiger partial charge in [0.2, 0.25) is 0 Å². The van der Waals surface area contributed by atoms with Gasteiger partial charge in [-0.05, 0) is 34.1 Å². The largest absolute Gasteiger partial charge is 0.320 e. The van der Waals surface area contributed by atoms with Gasteiger partial charge in [-0.1, -0.05) is 23.4 Å². The molecule has 0 spiro atoms. The number of nitrogens with two attached hydrogens (primary N) is 1. The highest BCUT2D eigenvalue weighted by atomic mass is 79.9. The minimum atomic E-state index is 0.370. The molecule has 0 saturated carbocycles. The van der Waals surface area contributed by atoms with Gasteiger partial charge in [0.15, 0.2) is 0 Å². The minimum Gasteiger partial charge on any atom is -0.320 e. The van der Waals surface area contributed by atoms with Crippen LogP contribution in [-0.2, 0) is 0 Å². The summed E-state index contributed by atoms with van der Waals surface area (Å²) in [7, 11) is 0. The van der Waals surface area contributed by atoms with Crippen LogP contribution in [-0.4, -0.2) is 6.54 Å². The van der Waals surface area contributed by atoms with E-state index in [2.05, 4.69) is 27.8 Å². The molecule has 0 bridgehead atoms. The Kier molecular flexibility index (Phi) is 3.61. The third-order valence-electron chi connectivity index (χ3n) is 1.26. The maximum absolute atomic E-state index is 5.75. The van der Waals surface area contributed by atoms with E-state index in [4.69, 9.17) is 17.3 Å². The van der Waals surface area contributed by atoms with Crippen molar-refractivity contribution in [3.05, 3.63) is 33.3 Å². The van der Waals surface area contributed by atoms with Gasteiger partial charge >= 0.3 is 0 Å². The molecule has 1 rings (SSSR count). The van der Waals surface area contributed by atoms with Crippen molar-refractivity contribution in [3.8, 4) is 11.8 Å². The zero-order valence-corrected chi connectivity index (χ0v) is 8.61. The minimum absolute atomic E-state index is 0.370. The summed E-state index contributed by atoms with van der Waals surface area (Å²) in [6, 6.07) is 5.46. The number of rotatable bonds is 0. The molecule has 2 N–H and O–H groups in total. The third kappa shape index (κ3) is 2.53. The molecule has 12 heavy (non-hydrogen) atoms. The summed E-state index contributed by atoms with van der Waals surface area (Å²) in [5.41, 5.74) is 6.15. The molecule has 0 saturated heterocycles. The first kappa shape index (κ1) is 9.60. The Morgan fingerprint density at radius 3 is 2.83 bits per heavy atom. The van der Waals surface area contributed by atoms with Crippen LogP contribution < -0.4 is 5.73 Å². The zero-order valence-electron chi connectivity index (χ0n) is 6.27. The molecule has 0 atom stereocenters. The summed E-state index contributed by atoms with van der Waals surface area (Å²) < 4.78 is 0.899. The molecule has 0 aromatic heterocycles. The van der Waals surface area contributed by atoms with Crippen molar-refractivity contribution in [2.75, 3.05) is 6.54 Å². The summed E-state index contributed by atoms with van der Waals surface area (Å²) >= 11 is 9.10. The standard InChI is InChI=1S/C9H7BrClN/c10-9-6-8(11)4-3-7(9)2-1-5-12/h3-4,6H,5,12H2. The molecule has 1 nitrogen and oxygen atoms in total. The molecule has 0 heterocycles. The van der Waals surface area contributed by atoms with Gasteiger partial charge in [-0.3, -0.25) is 0 Å². The summed E-state index contributed by atoms with van der Waals surface area (Å²) in [6.45, 7) is 0.370. The lowest BCUT2D eigenvalue weighted by molar-refractivity contribution is 1.30. The van der Waals surface area contributed by atoms with Crippen molar-refractivity contribution < 1.29 is 0 Å². The quantitative estimate of drug-likeness (QED) is 0.697. The number of benzene rings is 1. The SMILES string of the molecule is NCC#Cc1ccc(Cl)cc1Br. The van der Waals surface area contributed by atoms with Gasteiger partial charge in [0, 0.05) is 15.1 Å². The maximum Gasteiger partial charge on any atom is 0.0555 e. The molecule has 1 aromatic rings. The first-order valence-corrected chi connectivity index (χ1v) is 4.55. The molecular formula is C9H7BrClN. The molecule has 0 aliphatic carbocycles. The predicted molar refractivity (Wildman–Crippen MR) is 55.1 cm³/mol. The van der Waals surface area contributed by atoms with Gasteiger partial charge in [0.1, 0.15) is 0 Å². The fourth-order valence-corrected chi connectivity index (χ4v) is 1.52. The molecule has 3 heteroatoms. The number of hydrogen-bond donors (Lipinski definition) is 1.